The standard InChI is InChI=1S/C11H14N2O2S/c1-12-5-10-9(7-14-2)13-11(16-10)8-3-4-15-6-8/h3-4,6,12H,5,7H2,1-2H3. The van der Waals surface area contributed by atoms with Crippen molar-refractivity contribution in [3.63, 3.8) is 0 Å². The molecule has 0 amide bonds. The van der Waals surface area contributed by atoms with Crippen molar-refractivity contribution in [3.8, 4) is 10.6 Å². The molecule has 0 spiro atoms. The van der Waals surface area contributed by atoms with Crippen molar-refractivity contribution in [1.29, 1.82) is 0 Å². The van der Waals surface area contributed by atoms with Crippen LogP contribution in [0.1, 0.15) is 10.6 Å². The van der Waals surface area contributed by atoms with Gasteiger partial charge in [0, 0.05) is 24.1 Å². The molecule has 1 N–H and O–H groups in total. The smallest absolute Gasteiger partial charge is 0.127 e. The third kappa shape index (κ3) is 2.32. The Morgan fingerprint density at radius 3 is 3.06 bits per heavy atom. The number of rotatable bonds is 5. The molecule has 5 heteroatoms. The molecule has 2 aromatic rings. The number of nitrogens with zero attached hydrogens (tertiary/aromatic N) is 1. The largest absolute Gasteiger partial charge is 0.472 e. The molecule has 4 nitrogen and oxygen atoms in total. The van der Waals surface area contributed by atoms with Crippen molar-refractivity contribution < 1.29 is 9.15 Å². The first-order chi connectivity index (χ1) is 7.85. The van der Waals surface area contributed by atoms with Gasteiger partial charge in [-0.15, -0.1) is 11.3 Å². The molecule has 16 heavy (non-hydrogen) atoms. The fourth-order valence-corrected chi connectivity index (χ4v) is 2.50. The molecule has 0 radical (unpaired) electrons. The Hall–Kier alpha value is -1.17. The van der Waals surface area contributed by atoms with Gasteiger partial charge in [0.2, 0.25) is 0 Å². The van der Waals surface area contributed by atoms with E-state index in [0.717, 1.165) is 22.8 Å². The van der Waals surface area contributed by atoms with Gasteiger partial charge in [-0.05, 0) is 13.1 Å². The number of aromatic nitrogens is 1. The number of thiazole rings is 1. The fourth-order valence-electron chi connectivity index (χ4n) is 1.44. The van der Waals surface area contributed by atoms with E-state index in [1.54, 1.807) is 31.0 Å². The molecular formula is C11H14N2O2S. The van der Waals surface area contributed by atoms with E-state index < -0.39 is 0 Å². The monoisotopic (exact) mass is 238 g/mol. The molecule has 0 bridgehead atoms. The number of furan rings is 1. The minimum absolute atomic E-state index is 0.547. The van der Waals surface area contributed by atoms with E-state index in [-0.39, 0.29) is 0 Å². The van der Waals surface area contributed by atoms with E-state index >= 15 is 0 Å². The van der Waals surface area contributed by atoms with Crippen LogP contribution in [0.15, 0.2) is 23.0 Å². The van der Waals surface area contributed by atoms with E-state index in [4.69, 9.17) is 9.15 Å². The molecule has 2 aromatic heterocycles. The Balaban J connectivity index is 2.30. The lowest BCUT2D eigenvalue weighted by Gasteiger charge is -1.98. The first kappa shape index (κ1) is 11.3. The Bertz CT molecular complexity index is 413. The Kier molecular flexibility index (Phi) is 3.71. The van der Waals surface area contributed by atoms with E-state index in [9.17, 15) is 0 Å². The van der Waals surface area contributed by atoms with Crippen LogP contribution in [0.25, 0.3) is 10.6 Å². The summed E-state index contributed by atoms with van der Waals surface area (Å²) < 4.78 is 10.2. The molecule has 0 aliphatic rings. The Labute approximate surface area is 98.3 Å². The number of methoxy groups -OCH3 is 1. The van der Waals surface area contributed by atoms with Crippen molar-refractivity contribution in [3.05, 3.63) is 29.2 Å². The lowest BCUT2D eigenvalue weighted by molar-refractivity contribution is 0.181. The van der Waals surface area contributed by atoms with Crippen molar-refractivity contribution in [2.24, 2.45) is 0 Å². The quantitative estimate of drug-likeness (QED) is 0.868. The third-order valence-electron chi connectivity index (χ3n) is 2.16. The molecule has 2 heterocycles. The van der Waals surface area contributed by atoms with Crippen LogP contribution in [0.4, 0.5) is 0 Å². The highest BCUT2D eigenvalue weighted by Gasteiger charge is 2.12. The summed E-state index contributed by atoms with van der Waals surface area (Å²) in [6, 6.07) is 1.92. The summed E-state index contributed by atoms with van der Waals surface area (Å²) >= 11 is 1.67. The molecule has 0 unspecified atom stereocenters. The van der Waals surface area contributed by atoms with Crippen LogP contribution in [-0.2, 0) is 17.9 Å². The van der Waals surface area contributed by atoms with Crippen molar-refractivity contribution in [1.82, 2.24) is 10.3 Å². The molecule has 0 aliphatic carbocycles. The number of nitrogens with one attached hydrogen (secondary N) is 1. The van der Waals surface area contributed by atoms with Gasteiger partial charge in [-0.2, -0.15) is 0 Å². The first-order valence-corrected chi connectivity index (χ1v) is 5.81. The van der Waals surface area contributed by atoms with Crippen LogP contribution >= 0.6 is 11.3 Å². The summed E-state index contributed by atoms with van der Waals surface area (Å²) in [4.78, 5) is 5.76. The zero-order chi connectivity index (χ0) is 11.4. The summed E-state index contributed by atoms with van der Waals surface area (Å²) in [7, 11) is 3.61. The average Bonchev–Trinajstić information content (AvgIpc) is 2.89. The van der Waals surface area contributed by atoms with E-state index in [0.29, 0.717) is 6.61 Å². The second kappa shape index (κ2) is 5.25. The summed E-state index contributed by atoms with van der Waals surface area (Å²) in [6.45, 7) is 1.36. The topological polar surface area (TPSA) is 47.3 Å². The van der Waals surface area contributed by atoms with Gasteiger partial charge in [0.1, 0.15) is 11.3 Å². The van der Waals surface area contributed by atoms with Crippen LogP contribution in [0, 0.1) is 0 Å². The molecular weight excluding hydrogens is 224 g/mol. The van der Waals surface area contributed by atoms with Crippen molar-refractivity contribution >= 4 is 11.3 Å². The Morgan fingerprint density at radius 2 is 2.44 bits per heavy atom. The van der Waals surface area contributed by atoms with Crippen LogP contribution in [-0.4, -0.2) is 19.1 Å². The SMILES string of the molecule is CNCc1sc(-c2ccoc2)nc1COC. The van der Waals surface area contributed by atoms with Crippen molar-refractivity contribution in [2.75, 3.05) is 14.2 Å². The van der Waals surface area contributed by atoms with E-state index in [2.05, 4.69) is 10.3 Å². The van der Waals surface area contributed by atoms with Crippen molar-refractivity contribution in [2.45, 2.75) is 13.2 Å². The van der Waals surface area contributed by atoms with Crippen LogP contribution in [0.2, 0.25) is 0 Å². The van der Waals surface area contributed by atoms with Crippen LogP contribution in [0.5, 0.6) is 0 Å². The summed E-state index contributed by atoms with van der Waals surface area (Å²) in [5.74, 6) is 0. The zero-order valence-corrected chi connectivity index (χ0v) is 10.1. The molecule has 0 atom stereocenters. The summed E-state index contributed by atoms with van der Waals surface area (Å²) in [5.41, 5.74) is 2.02. The van der Waals surface area contributed by atoms with E-state index in [1.807, 2.05) is 13.1 Å². The first-order valence-electron chi connectivity index (χ1n) is 5.00. The predicted octanol–water partition coefficient (Wildman–Crippen LogP) is 2.27. The zero-order valence-electron chi connectivity index (χ0n) is 9.32. The maximum Gasteiger partial charge on any atom is 0.127 e. The molecule has 86 valence electrons. The minimum atomic E-state index is 0.547. The highest BCUT2D eigenvalue weighted by Crippen LogP contribution is 2.28. The van der Waals surface area contributed by atoms with Gasteiger partial charge in [-0.3, -0.25) is 0 Å². The predicted molar refractivity (Wildman–Crippen MR) is 63.3 cm³/mol. The number of hydrogen-bond donors (Lipinski definition) is 1. The lowest BCUT2D eigenvalue weighted by atomic mass is 10.3. The normalized spacial score (nSPS) is 10.9. The van der Waals surface area contributed by atoms with Crippen LogP contribution < -0.4 is 5.32 Å². The van der Waals surface area contributed by atoms with Gasteiger partial charge >= 0.3 is 0 Å². The van der Waals surface area contributed by atoms with Gasteiger partial charge in [-0.25, -0.2) is 4.98 Å². The van der Waals surface area contributed by atoms with Gasteiger partial charge in [0.15, 0.2) is 0 Å². The van der Waals surface area contributed by atoms with Crippen LogP contribution in [0.3, 0.4) is 0 Å². The highest BCUT2D eigenvalue weighted by molar-refractivity contribution is 7.15. The molecule has 2 rings (SSSR count). The van der Waals surface area contributed by atoms with E-state index in [1.165, 1.54) is 4.88 Å². The minimum Gasteiger partial charge on any atom is -0.472 e. The Morgan fingerprint density at radius 1 is 1.56 bits per heavy atom. The second-order valence-electron chi connectivity index (χ2n) is 3.36. The number of hydrogen-bond acceptors (Lipinski definition) is 5. The maximum atomic E-state index is 5.14. The number of ether oxygens (including phenoxy) is 1. The van der Waals surface area contributed by atoms with Gasteiger partial charge in [-0.1, -0.05) is 0 Å². The molecule has 0 aliphatic heterocycles. The van der Waals surface area contributed by atoms with Gasteiger partial charge in [0.05, 0.1) is 18.6 Å². The summed E-state index contributed by atoms with van der Waals surface area (Å²) in [5, 5.41) is 4.11. The fraction of sp³-hybridized carbons (Fsp3) is 0.364. The molecule has 0 fully saturated rings. The molecule has 0 aromatic carbocycles. The average molecular weight is 238 g/mol. The second-order valence-corrected chi connectivity index (χ2v) is 4.45. The molecule has 0 saturated carbocycles. The van der Waals surface area contributed by atoms with Gasteiger partial charge < -0.3 is 14.5 Å². The third-order valence-corrected chi connectivity index (χ3v) is 3.31. The summed E-state index contributed by atoms with van der Waals surface area (Å²) in [6.07, 6.45) is 3.36. The maximum absolute atomic E-state index is 5.14. The highest BCUT2D eigenvalue weighted by atomic mass is 32.1. The van der Waals surface area contributed by atoms with Gasteiger partial charge in [0.25, 0.3) is 0 Å². The lowest BCUT2D eigenvalue weighted by Crippen LogP contribution is -2.06. The molecule has 0 saturated heterocycles.